The summed E-state index contributed by atoms with van der Waals surface area (Å²) in [5, 5.41) is 0. The highest BCUT2D eigenvalue weighted by atomic mass is 19.1. The van der Waals surface area contributed by atoms with E-state index in [9.17, 15) is 4.39 Å². The number of halogens is 1. The van der Waals surface area contributed by atoms with Crippen molar-refractivity contribution in [2.24, 2.45) is 11.8 Å². The third kappa shape index (κ3) is 1.81. The van der Waals surface area contributed by atoms with E-state index in [1.165, 1.54) is 0 Å². The van der Waals surface area contributed by atoms with Crippen molar-refractivity contribution in [2.75, 3.05) is 13.1 Å². The predicted molar refractivity (Wildman–Crippen MR) is 57.1 cm³/mol. The molecule has 0 amide bonds. The normalized spacial score (nSPS) is 44.4. The number of hydrogen-bond donors (Lipinski definition) is 0. The van der Waals surface area contributed by atoms with Gasteiger partial charge in [-0.05, 0) is 52.4 Å². The van der Waals surface area contributed by atoms with Crippen LogP contribution in [0.2, 0.25) is 0 Å². The van der Waals surface area contributed by atoms with Gasteiger partial charge in [0.15, 0.2) is 0 Å². The van der Waals surface area contributed by atoms with Crippen molar-refractivity contribution in [3.8, 4) is 0 Å². The van der Waals surface area contributed by atoms with Gasteiger partial charge in [0.05, 0.1) is 0 Å². The molecule has 1 nitrogen and oxygen atoms in total. The molecule has 2 heteroatoms. The maximum atomic E-state index is 13.7. The zero-order valence-electron chi connectivity index (χ0n) is 9.81. The summed E-state index contributed by atoms with van der Waals surface area (Å²) in [6, 6.07) is 0. The molecule has 2 atom stereocenters. The van der Waals surface area contributed by atoms with Crippen LogP contribution in [-0.2, 0) is 0 Å². The van der Waals surface area contributed by atoms with Crippen LogP contribution in [0.15, 0.2) is 0 Å². The molecule has 14 heavy (non-hydrogen) atoms. The SMILES string of the molecule is CC1(F)CC2CN(C(C)(C)C)CC2C1. The average molecular weight is 199 g/mol. The second kappa shape index (κ2) is 2.94. The van der Waals surface area contributed by atoms with Gasteiger partial charge in [-0.1, -0.05) is 0 Å². The Kier molecular flexibility index (Phi) is 2.19. The predicted octanol–water partition coefficient (Wildman–Crippen LogP) is 2.85. The minimum absolute atomic E-state index is 0.261. The molecule has 0 radical (unpaired) electrons. The summed E-state index contributed by atoms with van der Waals surface area (Å²) in [6.45, 7) is 10.7. The topological polar surface area (TPSA) is 3.24 Å². The Balaban J connectivity index is 2.00. The fourth-order valence-electron chi connectivity index (χ4n) is 3.13. The molecule has 1 aliphatic carbocycles. The minimum Gasteiger partial charge on any atom is -0.298 e. The van der Waals surface area contributed by atoms with Gasteiger partial charge in [0, 0.05) is 18.6 Å². The van der Waals surface area contributed by atoms with Crippen molar-refractivity contribution in [3.05, 3.63) is 0 Å². The fourth-order valence-corrected chi connectivity index (χ4v) is 3.13. The third-order valence-electron chi connectivity index (χ3n) is 3.90. The summed E-state index contributed by atoms with van der Waals surface area (Å²) in [5.41, 5.74) is -0.615. The van der Waals surface area contributed by atoms with Gasteiger partial charge in [0.25, 0.3) is 0 Å². The molecule has 0 aromatic rings. The molecule has 1 aliphatic heterocycles. The quantitative estimate of drug-likeness (QED) is 0.580. The summed E-state index contributed by atoms with van der Waals surface area (Å²) in [4.78, 5) is 2.51. The highest BCUT2D eigenvalue weighted by Gasteiger charge is 2.48. The number of nitrogens with zero attached hydrogens (tertiary/aromatic N) is 1. The van der Waals surface area contributed by atoms with Gasteiger partial charge < -0.3 is 0 Å². The second-order valence-corrected chi connectivity index (χ2v) is 6.42. The van der Waals surface area contributed by atoms with Gasteiger partial charge in [-0.2, -0.15) is 0 Å². The molecule has 1 saturated heterocycles. The lowest BCUT2D eigenvalue weighted by molar-refractivity contribution is 0.128. The van der Waals surface area contributed by atoms with Crippen molar-refractivity contribution in [1.29, 1.82) is 0 Å². The molecule has 1 saturated carbocycles. The first-order chi connectivity index (χ1) is 6.28. The first-order valence-corrected chi connectivity index (χ1v) is 5.72. The Hall–Kier alpha value is -0.110. The maximum Gasteiger partial charge on any atom is 0.109 e. The zero-order valence-corrected chi connectivity index (χ0v) is 9.81. The molecule has 0 spiro atoms. The van der Waals surface area contributed by atoms with Crippen molar-refractivity contribution in [1.82, 2.24) is 4.90 Å². The van der Waals surface area contributed by atoms with Crippen LogP contribution in [0.4, 0.5) is 4.39 Å². The van der Waals surface area contributed by atoms with E-state index in [1.807, 2.05) is 0 Å². The van der Waals surface area contributed by atoms with E-state index >= 15 is 0 Å². The van der Waals surface area contributed by atoms with Crippen LogP contribution in [0.5, 0.6) is 0 Å². The summed E-state index contributed by atoms with van der Waals surface area (Å²) in [5.74, 6) is 1.23. The Morgan fingerprint density at radius 3 is 1.93 bits per heavy atom. The lowest BCUT2D eigenvalue weighted by Crippen LogP contribution is -2.40. The van der Waals surface area contributed by atoms with E-state index in [4.69, 9.17) is 0 Å². The zero-order chi connectivity index (χ0) is 10.6. The van der Waals surface area contributed by atoms with Gasteiger partial charge in [0.1, 0.15) is 5.67 Å². The number of hydrogen-bond acceptors (Lipinski definition) is 1. The summed E-state index contributed by atoms with van der Waals surface area (Å²) >= 11 is 0. The van der Waals surface area contributed by atoms with Crippen LogP contribution >= 0.6 is 0 Å². The maximum absolute atomic E-state index is 13.7. The van der Waals surface area contributed by atoms with E-state index in [0.29, 0.717) is 11.8 Å². The molecule has 0 aromatic heterocycles. The summed E-state index contributed by atoms with van der Waals surface area (Å²) < 4.78 is 13.7. The first kappa shape index (κ1) is 10.4. The molecule has 0 N–H and O–H groups in total. The molecule has 2 aliphatic rings. The molecule has 2 unspecified atom stereocenters. The minimum atomic E-state index is -0.876. The fraction of sp³-hybridized carbons (Fsp3) is 1.00. The van der Waals surface area contributed by atoms with E-state index in [-0.39, 0.29) is 5.54 Å². The molecule has 2 fully saturated rings. The van der Waals surface area contributed by atoms with Crippen LogP contribution in [0.1, 0.15) is 40.5 Å². The Bertz CT molecular complexity index is 213. The standard InChI is InChI=1S/C12H22FN/c1-11(2,3)14-7-9-5-12(4,13)6-10(9)8-14/h9-10H,5-8H2,1-4H3. The number of alkyl halides is 1. The molecular weight excluding hydrogens is 177 g/mol. The van der Waals surface area contributed by atoms with Crippen LogP contribution in [0.25, 0.3) is 0 Å². The Morgan fingerprint density at radius 2 is 1.57 bits per heavy atom. The van der Waals surface area contributed by atoms with Gasteiger partial charge in [0.2, 0.25) is 0 Å². The summed E-state index contributed by atoms with van der Waals surface area (Å²) in [7, 11) is 0. The lowest BCUT2D eigenvalue weighted by atomic mass is 10.0. The largest absolute Gasteiger partial charge is 0.298 e. The van der Waals surface area contributed by atoms with Gasteiger partial charge in [-0.25, -0.2) is 4.39 Å². The van der Waals surface area contributed by atoms with Crippen molar-refractivity contribution >= 4 is 0 Å². The number of likely N-dealkylation sites (tertiary alicyclic amines) is 1. The molecule has 1 heterocycles. The Morgan fingerprint density at radius 1 is 1.14 bits per heavy atom. The lowest BCUT2D eigenvalue weighted by Gasteiger charge is -2.33. The monoisotopic (exact) mass is 199 g/mol. The highest BCUT2D eigenvalue weighted by molar-refractivity contribution is 5.00. The third-order valence-corrected chi connectivity index (χ3v) is 3.90. The number of rotatable bonds is 0. The van der Waals surface area contributed by atoms with E-state index in [1.54, 1.807) is 6.92 Å². The first-order valence-electron chi connectivity index (χ1n) is 5.72. The molecular formula is C12H22FN. The second-order valence-electron chi connectivity index (χ2n) is 6.42. The van der Waals surface area contributed by atoms with Crippen LogP contribution in [0, 0.1) is 11.8 Å². The van der Waals surface area contributed by atoms with Gasteiger partial charge in [-0.3, -0.25) is 4.90 Å². The number of fused-ring (bicyclic) bond motifs is 1. The molecule has 0 aromatic carbocycles. The van der Waals surface area contributed by atoms with E-state index in [0.717, 1.165) is 25.9 Å². The molecule has 0 bridgehead atoms. The smallest absolute Gasteiger partial charge is 0.109 e. The molecule has 82 valence electrons. The van der Waals surface area contributed by atoms with E-state index in [2.05, 4.69) is 25.7 Å². The van der Waals surface area contributed by atoms with Crippen molar-refractivity contribution in [3.63, 3.8) is 0 Å². The van der Waals surface area contributed by atoms with Crippen LogP contribution in [-0.4, -0.2) is 29.2 Å². The highest BCUT2D eigenvalue weighted by Crippen LogP contribution is 2.46. The van der Waals surface area contributed by atoms with Crippen molar-refractivity contribution in [2.45, 2.75) is 51.7 Å². The van der Waals surface area contributed by atoms with Gasteiger partial charge >= 0.3 is 0 Å². The van der Waals surface area contributed by atoms with Crippen molar-refractivity contribution < 1.29 is 4.39 Å². The van der Waals surface area contributed by atoms with Crippen LogP contribution < -0.4 is 0 Å². The average Bonchev–Trinajstić information content (AvgIpc) is 2.37. The van der Waals surface area contributed by atoms with Crippen LogP contribution in [0.3, 0.4) is 0 Å². The van der Waals surface area contributed by atoms with Gasteiger partial charge in [-0.15, -0.1) is 0 Å². The van der Waals surface area contributed by atoms with E-state index < -0.39 is 5.67 Å². The molecule has 2 rings (SSSR count). The Labute approximate surface area is 86.7 Å². The summed E-state index contributed by atoms with van der Waals surface area (Å²) in [6.07, 6.45) is 1.56.